The van der Waals surface area contributed by atoms with Gasteiger partial charge in [0, 0.05) is 12.5 Å². The van der Waals surface area contributed by atoms with E-state index in [0.717, 1.165) is 22.6 Å². The molecule has 10 heteroatoms. The van der Waals surface area contributed by atoms with E-state index in [-0.39, 0.29) is 24.5 Å². The number of benzene rings is 4. The van der Waals surface area contributed by atoms with Crippen LogP contribution in [0.3, 0.4) is 0 Å². The van der Waals surface area contributed by atoms with Crippen molar-refractivity contribution >= 4 is 17.8 Å². The number of carbonyl (C=O) groups is 3. The highest BCUT2D eigenvalue weighted by atomic mass is 19.4. The van der Waals surface area contributed by atoms with Crippen molar-refractivity contribution in [3.8, 4) is 11.5 Å². The number of carboxylic acids is 1. The minimum Gasteiger partial charge on any atom is -0.480 e. The molecule has 6 rings (SSSR count). The maximum absolute atomic E-state index is 14.0. The molecule has 0 aromatic heterocycles. The van der Waals surface area contributed by atoms with Crippen LogP contribution in [-0.4, -0.2) is 33.3 Å². The Hall–Kier alpha value is -4.96. The lowest BCUT2D eigenvalue weighted by Crippen LogP contribution is -2.57. The van der Waals surface area contributed by atoms with Crippen LogP contribution >= 0.6 is 0 Å². The molecule has 0 radical (unpaired) electrons. The number of hydrogen-bond donors (Lipinski definition) is 2. The number of carbonyl (C=O) groups excluding carboxylic acids is 2. The van der Waals surface area contributed by atoms with Crippen LogP contribution in [0.15, 0.2) is 109 Å². The van der Waals surface area contributed by atoms with Crippen LogP contribution in [0.2, 0.25) is 0 Å². The second-order valence-electron chi connectivity index (χ2n) is 11.0. The van der Waals surface area contributed by atoms with Crippen molar-refractivity contribution < 1.29 is 37.4 Å². The molecule has 2 saturated heterocycles. The molecular weight excluding hydrogens is 573 g/mol. The average Bonchev–Trinajstić information content (AvgIpc) is 3.48. The molecule has 0 spiro atoms. The summed E-state index contributed by atoms with van der Waals surface area (Å²) in [5.41, 5.74) is -0.827. The Labute approximate surface area is 250 Å². The SMILES string of the molecule is O=C1C2C(c3cccc(Oc4cccc(C(F)(F)F)c4)c3)NC(Cc3ccccc3)(C(=O)O)C2C(=O)N1Cc1ccccc1. The number of fused-ring (bicyclic) bond motifs is 1. The summed E-state index contributed by atoms with van der Waals surface area (Å²) in [6.45, 7) is -0.00202. The van der Waals surface area contributed by atoms with E-state index in [0.29, 0.717) is 11.1 Å². The van der Waals surface area contributed by atoms with Crippen LogP contribution in [0.4, 0.5) is 13.2 Å². The number of carboxylic acid groups (broad SMARTS) is 1. The van der Waals surface area contributed by atoms with E-state index in [4.69, 9.17) is 4.74 Å². The Kier molecular flexibility index (Phi) is 7.46. The molecule has 44 heavy (non-hydrogen) atoms. The first-order chi connectivity index (χ1) is 21.1. The molecule has 4 aromatic carbocycles. The van der Waals surface area contributed by atoms with Crippen molar-refractivity contribution in [3.05, 3.63) is 131 Å². The molecule has 7 nitrogen and oxygen atoms in total. The first-order valence-electron chi connectivity index (χ1n) is 14.0. The van der Waals surface area contributed by atoms with Gasteiger partial charge in [-0.05, 0) is 47.0 Å². The zero-order valence-corrected chi connectivity index (χ0v) is 23.2. The maximum atomic E-state index is 14.0. The Morgan fingerprint density at radius 2 is 1.43 bits per heavy atom. The average molecular weight is 601 g/mol. The fourth-order valence-electron chi connectivity index (χ4n) is 6.27. The fraction of sp³-hybridized carbons (Fsp3) is 0.206. The highest BCUT2D eigenvalue weighted by Gasteiger charge is 2.68. The van der Waals surface area contributed by atoms with Crippen molar-refractivity contribution in [1.82, 2.24) is 10.2 Å². The lowest BCUT2D eigenvalue weighted by Gasteiger charge is -2.31. The van der Waals surface area contributed by atoms with Gasteiger partial charge in [-0.25, -0.2) is 0 Å². The van der Waals surface area contributed by atoms with Gasteiger partial charge in [-0.2, -0.15) is 13.2 Å². The molecule has 4 unspecified atom stereocenters. The number of halogens is 3. The van der Waals surface area contributed by atoms with Gasteiger partial charge >= 0.3 is 12.1 Å². The van der Waals surface area contributed by atoms with Crippen molar-refractivity contribution in [3.63, 3.8) is 0 Å². The minimum atomic E-state index is -4.55. The standard InChI is InChI=1S/C34H27F3N2O5/c35-34(36,37)24-14-8-16-26(18-24)44-25-15-7-13-23(17-25)29-27-28(31(41)39(30(27)40)20-22-11-5-2-6-12-22)33(38-29,32(42)43)19-21-9-3-1-4-10-21/h1-18,27-29,38H,19-20H2,(H,42,43). The Bertz CT molecular complexity index is 1710. The highest BCUT2D eigenvalue weighted by Crippen LogP contribution is 2.50. The van der Waals surface area contributed by atoms with Gasteiger partial charge in [-0.3, -0.25) is 24.6 Å². The third-order valence-corrected chi connectivity index (χ3v) is 8.25. The quantitative estimate of drug-likeness (QED) is 0.241. The number of ether oxygens (including phenoxy) is 1. The molecule has 2 N–H and O–H groups in total. The summed E-state index contributed by atoms with van der Waals surface area (Å²) >= 11 is 0. The summed E-state index contributed by atoms with van der Waals surface area (Å²) in [6, 6.07) is 27.8. The summed E-state index contributed by atoms with van der Waals surface area (Å²) in [4.78, 5) is 42.2. The predicted octanol–water partition coefficient (Wildman–Crippen LogP) is 6.01. The number of amides is 2. The van der Waals surface area contributed by atoms with Crippen molar-refractivity contribution in [1.29, 1.82) is 0 Å². The van der Waals surface area contributed by atoms with Crippen LogP contribution in [0.25, 0.3) is 0 Å². The number of alkyl halides is 3. The third-order valence-electron chi connectivity index (χ3n) is 8.25. The second-order valence-corrected chi connectivity index (χ2v) is 11.0. The molecule has 0 saturated carbocycles. The molecular formula is C34H27F3N2O5. The van der Waals surface area contributed by atoms with E-state index in [2.05, 4.69) is 5.32 Å². The largest absolute Gasteiger partial charge is 0.480 e. The summed E-state index contributed by atoms with van der Waals surface area (Å²) in [7, 11) is 0. The minimum absolute atomic E-state index is 0.00202. The predicted molar refractivity (Wildman–Crippen MR) is 153 cm³/mol. The van der Waals surface area contributed by atoms with Gasteiger partial charge in [-0.1, -0.05) is 78.9 Å². The van der Waals surface area contributed by atoms with Gasteiger partial charge in [0.2, 0.25) is 11.8 Å². The number of hydrogen-bond acceptors (Lipinski definition) is 5. The smallest absolute Gasteiger partial charge is 0.416 e. The summed E-state index contributed by atoms with van der Waals surface area (Å²) in [5.74, 6) is -4.45. The summed E-state index contributed by atoms with van der Waals surface area (Å²) in [6.07, 6.45) is -4.61. The number of imide groups is 1. The van der Waals surface area contributed by atoms with Gasteiger partial charge in [-0.15, -0.1) is 0 Å². The van der Waals surface area contributed by atoms with Gasteiger partial charge < -0.3 is 9.84 Å². The maximum Gasteiger partial charge on any atom is 0.416 e. The normalized spacial score (nSPS) is 23.1. The Balaban J connectivity index is 1.39. The second kappa shape index (κ2) is 11.3. The van der Waals surface area contributed by atoms with Crippen LogP contribution < -0.4 is 10.1 Å². The van der Waals surface area contributed by atoms with E-state index < -0.39 is 52.9 Å². The van der Waals surface area contributed by atoms with E-state index in [1.807, 2.05) is 6.07 Å². The number of nitrogens with zero attached hydrogens (tertiary/aromatic N) is 1. The lowest BCUT2D eigenvalue weighted by atomic mass is 9.76. The fourth-order valence-corrected chi connectivity index (χ4v) is 6.27. The molecule has 224 valence electrons. The van der Waals surface area contributed by atoms with E-state index in [1.165, 1.54) is 12.1 Å². The van der Waals surface area contributed by atoms with Crippen LogP contribution in [-0.2, 0) is 33.5 Å². The van der Waals surface area contributed by atoms with E-state index in [1.54, 1.807) is 78.9 Å². The molecule has 2 aliphatic rings. The van der Waals surface area contributed by atoms with Gasteiger partial charge in [0.05, 0.1) is 23.9 Å². The van der Waals surface area contributed by atoms with Gasteiger partial charge in [0.25, 0.3) is 0 Å². The molecule has 2 fully saturated rings. The molecule has 4 aromatic rings. The van der Waals surface area contributed by atoms with Crippen molar-refractivity contribution in [2.75, 3.05) is 0 Å². The van der Waals surface area contributed by atoms with Crippen LogP contribution in [0, 0.1) is 11.8 Å². The lowest BCUT2D eigenvalue weighted by molar-refractivity contribution is -0.151. The molecule has 2 amide bonds. The van der Waals surface area contributed by atoms with E-state index in [9.17, 15) is 32.7 Å². The molecule has 4 atom stereocenters. The van der Waals surface area contributed by atoms with Gasteiger partial charge in [0.1, 0.15) is 17.0 Å². The summed E-state index contributed by atoms with van der Waals surface area (Å²) < 4.78 is 45.5. The Morgan fingerprint density at radius 3 is 2.07 bits per heavy atom. The zero-order chi connectivity index (χ0) is 31.1. The third kappa shape index (κ3) is 5.33. The van der Waals surface area contributed by atoms with Crippen LogP contribution in [0.1, 0.15) is 28.3 Å². The number of nitrogens with one attached hydrogen (secondary N) is 1. The van der Waals surface area contributed by atoms with Crippen molar-refractivity contribution in [2.45, 2.75) is 30.7 Å². The van der Waals surface area contributed by atoms with Crippen molar-refractivity contribution in [2.24, 2.45) is 11.8 Å². The van der Waals surface area contributed by atoms with Crippen LogP contribution in [0.5, 0.6) is 11.5 Å². The first-order valence-corrected chi connectivity index (χ1v) is 14.0. The first kappa shape index (κ1) is 29.1. The van der Waals surface area contributed by atoms with Gasteiger partial charge in [0.15, 0.2) is 0 Å². The zero-order valence-electron chi connectivity index (χ0n) is 23.2. The molecule has 0 aliphatic carbocycles. The monoisotopic (exact) mass is 600 g/mol. The topological polar surface area (TPSA) is 95.9 Å². The summed E-state index contributed by atoms with van der Waals surface area (Å²) in [5, 5.41) is 13.9. The molecule has 2 aliphatic heterocycles. The molecule has 2 heterocycles. The number of likely N-dealkylation sites (tertiary alicyclic amines) is 1. The van der Waals surface area contributed by atoms with E-state index >= 15 is 0 Å². The molecule has 0 bridgehead atoms. The number of aliphatic carboxylic acids is 1. The number of rotatable bonds is 8. The highest BCUT2D eigenvalue weighted by molar-refractivity contribution is 6.09. The Morgan fingerprint density at radius 1 is 0.818 bits per heavy atom.